The molecule has 0 unspecified atom stereocenters. The molecule has 0 aliphatic rings. The zero-order valence-corrected chi connectivity index (χ0v) is 18.7. The fourth-order valence-electron chi connectivity index (χ4n) is 2.43. The molecule has 24 heavy (non-hydrogen) atoms. The average molecular weight is 364 g/mol. The first-order valence-corrected chi connectivity index (χ1v) is 14.9. The van der Waals surface area contributed by atoms with Crippen LogP contribution >= 0.6 is 0 Å². The summed E-state index contributed by atoms with van der Waals surface area (Å²) in [6, 6.07) is 12.3. The Morgan fingerprint density at radius 3 is 1.88 bits per heavy atom. The van der Waals surface area contributed by atoms with Gasteiger partial charge in [-0.05, 0) is 50.3 Å². The fraction of sp³-hybridized carbons (Fsp3) is 0.632. The van der Waals surface area contributed by atoms with Gasteiger partial charge in [0.2, 0.25) is 0 Å². The molecule has 0 aliphatic carbocycles. The molecule has 134 valence electrons. The van der Waals surface area contributed by atoms with Crippen LogP contribution in [0.1, 0.15) is 33.3 Å². The average Bonchev–Trinajstić information content (AvgIpc) is 2.43. The van der Waals surface area contributed by atoms with Gasteiger partial charge in [0.1, 0.15) is 6.07 Å². The van der Waals surface area contributed by atoms with Crippen molar-refractivity contribution in [1.29, 1.82) is 5.26 Å². The van der Waals surface area contributed by atoms with Crippen molar-refractivity contribution in [2.75, 3.05) is 0 Å². The van der Waals surface area contributed by atoms with E-state index in [2.05, 4.69) is 59.6 Å². The van der Waals surface area contributed by atoms with E-state index in [0.717, 1.165) is 5.56 Å². The summed E-state index contributed by atoms with van der Waals surface area (Å²) in [5, 5.41) is 10.2. The molecule has 1 rings (SSSR count). The molecule has 0 heterocycles. The molecule has 3 nitrogen and oxygen atoms in total. The van der Waals surface area contributed by atoms with Crippen molar-refractivity contribution in [1.82, 2.24) is 0 Å². The van der Waals surface area contributed by atoms with Crippen molar-refractivity contribution in [3.8, 4) is 6.07 Å². The maximum atomic E-state index is 10.1. The minimum Gasteiger partial charge on any atom is -0.410 e. The van der Waals surface area contributed by atoms with Crippen LogP contribution in [0, 0.1) is 11.3 Å². The van der Waals surface area contributed by atoms with Crippen LogP contribution in [0.2, 0.25) is 37.8 Å². The molecule has 5 heteroatoms. The molecule has 1 aromatic carbocycles. The first kappa shape index (κ1) is 21.1. The lowest BCUT2D eigenvalue weighted by molar-refractivity contribution is -0.00566. The maximum Gasteiger partial charge on any atom is 0.195 e. The molecule has 0 N–H and O–H groups in total. The summed E-state index contributed by atoms with van der Waals surface area (Å²) in [6.45, 7) is 19.4. The van der Waals surface area contributed by atoms with Gasteiger partial charge in [0, 0.05) is 0 Å². The Morgan fingerprint density at radius 2 is 1.50 bits per heavy atom. The van der Waals surface area contributed by atoms with Gasteiger partial charge in [-0.1, -0.05) is 51.1 Å². The van der Waals surface area contributed by atoms with Gasteiger partial charge >= 0.3 is 0 Å². The van der Waals surface area contributed by atoms with Crippen LogP contribution in [0.15, 0.2) is 30.3 Å². The van der Waals surface area contributed by atoms with Gasteiger partial charge in [-0.3, -0.25) is 0 Å². The number of rotatable bonds is 6. The van der Waals surface area contributed by atoms with Gasteiger partial charge < -0.3 is 8.85 Å². The molecule has 0 fully saturated rings. The lowest BCUT2D eigenvalue weighted by Crippen LogP contribution is -2.53. The summed E-state index contributed by atoms with van der Waals surface area (Å²) in [4.78, 5) is 0. The molecule has 0 bridgehead atoms. The zero-order valence-electron chi connectivity index (χ0n) is 16.7. The van der Waals surface area contributed by atoms with Crippen molar-refractivity contribution in [2.24, 2.45) is 0 Å². The largest absolute Gasteiger partial charge is 0.410 e. The Balaban J connectivity index is 3.36. The van der Waals surface area contributed by atoms with E-state index < -0.39 is 22.2 Å². The first-order chi connectivity index (χ1) is 10.8. The first-order valence-electron chi connectivity index (χ1n) is 8.60. The fourth-order valence-corrected chi connectivity index (χ4v) is 5.12. The quantitative estimate of drug-likeness (QED) is 0.612. The lowest BCUT2D eigenvalue weighted by Gasteiger charge is -2.44. The molecule has 0 saturated heterocycles. The van der Waals surface area contributed by atoms with Gasteiger partial charge in [0.15, 0.2) is 22.2 Å². The van der Waals surface area contributed by atoms with E-state index >= 15 is 0 Å². The molecule has 0 amide bonds. The SMILES string of the molecule is C[C@H](O[Si](C)(C)C(C)(C)C)[C@@](C#N)(O[Si](C)(C)C)c1ccccc1. The Morgan fingerprint density at radius 1 is 1.00 bits per heavy atom. The number of nitriles is 1. The summed E-state index contributed by atoms with van der Waals surface area (Å²) >= 11 is 0. The molecular weight excluding hydrogens is 330 g/mol. The Bertz CT molecular complexity index is 582. The summed E-state index contributed by atoms with van der Waals surface area (Å²) in [5.74, 6) is 0. The van der Waals surface area contributed by atoms with E-state index in [4.69, 9.17) is 8.85 Å². The summed E-state index contributed by atoms with van der Waals surface area (Å²) in [5.41, 5.74) is -0.192. The van der Waals surface area contributed by atoms with Crippen molar-refractivity contribution in [3.05, 3.63) is 35.9 Å². The Labute approximate surface area is 150 Å². The number of nitrogens with zero attached hydrogens (tertiary/aromatic N) is 1. The van der Waals surface area contributed by atoms with Crippen molar-refractivity contribution >= 4 is 16.6 Å². The topological polar surface area (TPSA) is 42.2 Å². The molecule has 0 aromatic heterocycles. The van der Waals surface area contributed by atoms with Gasteiger partial charge in [0.05, 0.1) is 6.10 Å². The van der Waals surface area contributed by atoms with E-state index in [0.29, 0.717) is 0 Å². The van der Waals surface area contributed by atoms with E-state index in [1.807, 2.05) is 37.3 Å². The maximum absolute atomic E-state index is 10.1. The summed E-state index contributed by atoms with van der Waals surface area (Å²) < 4.78 is 13.0. The third kappa shape index (κ3) is 4.79. The van der Waals surface area contributed by atoms with E-state index in [1.54, 1.807) is 0 Å². The van der Waals surface area contributed by atoms with Crippen molar-refractivity contribution in [2.45, 2.75) is 77.2 Å². The standard InChI is InChI=1S/C19H33NO2Si2/c1-16(21-24(8,9)18(2,3)4)19(15-20,22-23(5,6)7)17-13-11-10-12-14-17/h10-14,16H,1-9H3/t16-,19+/m0/s1. The minimum absolute atomic E-state index is 0.0817. The van der Waals surface area contributed by atoms with Crippen LogP contribution in [0.3, 0.4) is 0 Å². The van der Waals surface area contributed by atoms with Crippen LogP contribution in [0.25, 0.3) is 0 Å². The molecule has 2 atom stereocenters. The second kappa shape index (κ2) is 7.13. The van der Waals surface area contributed by atoms with Crippen LogP contribution in [0.4, 0.5) is 0 Å². The minimum atomic E-state index is -2.02. The van der Waals surface area contributed by atoms with E-state index in [9.17, 15) is 5.26 Å². The van der Waals surface area contributed by atoms with E-state index in [-0.39, 0.29) is 11.1 Å². The molecule has 0 aliphatic heterocycles. The molecule has 0 saturated carbocycles. The Hall–Kier alpha value is -0.936. The zero-order chi connectivity index (χ0) is 18.8. The normalized spacial score (nSPS) is 17.0. The highest BCUT2D eigenvalue weighted by Gasteiger charge is 2.48. The predicted molar refractivity (Wildman–Crippen MR) is 106 cm³/mol. The van der Waals surface area contributed by atoms with E-state index in [1.165, 1.54) is 0 Å². The number of hydrogen-bond acceptors (Lipinski definition) is 3. The molecule has 0 radical (unpaired) electrons. The molecule has 1 aromatic rings. The van der Waals surface area contributed by atoms with Crippen LogP contribution < -0.4 is 0 Å². The van der Waals surface area contributed by atoms with Gasteiger partial charge in [-0.15, -0.1) is 0 Å². The monoisotopic (exact) mass is 363 g/mol. The highest BCUT2D eigenvalue weighted by Crippen LogP contribution is 2.41. The van der Waals surface area contributed by atoms with Gasteiger partial charge in [-0.2, -0.15) is 5.26 Å². The number of benzene rings is 1. The lowest BCUT2D eigenvalue weighted by atomic mass is 9.90. The molecule has 0 spiro atoms. The van der Waals surface area contributed by atoms with Gasteiger partial charge in [-0.25, -0.2) is 0 Å². The van der Waals surface area contributed by atoms with Gasteiger partial charge in [0.25, 0.3) is 0 Å². The predicted octanol–water partition coefficient (Wildman–Crippen LogP) is 5.67. The highest BCUT2D eigenvalue weighted by molar-refractivity contribution is 6.74. The number of hydrogen-bond donors (Lipinski definition) is 0. The van der Waals surface area contributed by atoms with Crippen molar-refractivity contribution in [3.63, 3.8) is 0 Å². The van der Waals surface area contributed by atoms with Crippen LogP contribution in [-0.2, 0) is 14.5 Å². The summed E-state index contributed by atoms with van der Waals surface area (Å²) in [7, 11) is -3.99. The second-order valence-electron chi connectivity index (χ2n) is 8.95. The second-order valence-corrected chi connectivity index (χ2v) is 18.1. The van der Waals surface area contributed by atoms with Crippen LogP contribution in [-0.4, -0.2) is 22.7 Å². The molecular formula is C19H33NO2Si2. The smallest absolute Gasteiger partial charge is 0.195 e. The van der Waals surface area contributed by atoms with Crippen LogP contribution in [0.5, 0.6) is 0 Å². The summed E-state index contributed by atoms with van der Waals surface area (Å²) in [6.07, 6.45) is -0.336. The Kier molecular flexibility index (Phi) is 6.27. The van der Waals surface area contributed by atoms with Crippen molar-refractivity contribution < 1.29 is 8.85 Å². The third-order valence-electron chi connectivity index (χ3n) is 4.69. The third-order valence-corrected chi connectivity index (χ3v) is 10.2. The highest BCUT2D eigenvalue weighted by atomic mass is 28.4.